The van der Waals surface area contributed by atoms with E-state index < -0.39 is 0 Å². The Morgan fingerprint density at radius 1 is 1.17 bits per heavy atom. The fraction of sp³-hybridized carbons (Fsp3) is 0.227. The van der Waals surface area contributed by atoms with E-state index in [1.165, 1.54) is 11.8 Å². The van der Waals surface area contributed by atoms with Crippen LogP contribution in [0, 0.1) is 0 Å². The second-order valence-corrected chi connectivity index (χ2v) is 8.50. The molecule has 3 heterocycles. The molecular formula is C22H21N3O3S2. The van der Waals surface area contributed by atoms with Crippen LogP contribution in [0.2, 0.25) is 0 Å². The number of aromatic nitrogens is 1. The van der Waals surface area contributed by atoms with Crippen molar-refractivity contribution in [2.75, 3.05) is 20.0 Å². The normalized spacial score (nSPS) is 15.7. The molecule has 1 amide bonds. The third-order valence-electron chi connectivity index (χ3n) is 4.75. The van der Waals surface area contributed by atoms with Gasteiger partial charge in [-0.2, -0.15) is 5.10 Å². The zero-order valence-electron chi connectivity index (χ0n) is 16.6. The van der Waals surface area contributed by atoms with Gasteiger partial charge in [0.15, 0.2) is 11.5 Å². The first-order valence-corrected chi connectivity index (χ1v) is 11.3. The predicted octanol–water partition coefficient (Wildman–Crippen LogP) is 4.63. The average Bonchev–Trinajstić information content (AvgIpc) is 3.48. The molecule has 154 valence electrons. The molecule has 6 nitrogen and oxygen atoms in total. The van der Waals surface area contributed by atoms with Crippen molar-refractivity contribution in [3.05, 3.63) is 70.5 Å². The molecule has 0 saturated carbocycles. The van der Waals surface area contributed by atoms with Crippen LogP contribution >= 0.6 is 23.1 Å². The van der Waals surface area contributed by atoms with Crippen LogP contribution in [0.15, 0.2) is 70.2 Å². The second kappa shape index (κ2) is 9.32. The van der Waals surface area contributed by atoms with Gasteiger partial charge in [0.2, 0.25) is 0 Å². The molecule has 1 atom stereocenters. The number of rotatable bonds is 7. The molecule has 0 radical (unpaired) electrons. The summed E-state index contributed by atoms with van der Waals surface area (Å²) in [6, 6.07) is 15.2. The van der Waals surface area contributed by atoms with Gasteiger partial charge in [0.25, 0.3) is 5.91 Å². The van der Waals surface area contributed by atoms with Crippen molar-refractivity contribution in [1.82, 2.24) is 9.99 Å². The monoisotopic (exact) mass is 439 g/mol. The first kappa shape index (κ1) is 20.4. The lowest BCUT2D eigenvalue weighted by Crippen LogP contribution is -2.28. The van der Waals surface area contributed by atoms with E-state index in [1.54, 1.807) is 36.8 Å². The Morgan fingerprint density at radius 2 is 2.03 bits per heavy atom. The highest BCUT2D eigenvalue weighted by molar-refractivity contribution is 7.99. The minimum absolute atomic E-state index is 0.0583. The van der Waals surface area contributed by atoms with Gasteiger partial charge in [0.1, 0.15) is 0 Å². The zero-order valence-corrected chi connectivity index (χ0v) is 18.3. The van der Waals surface area contributed by atoms with Crippen molar-refractivity contribution >= 4 is 34.7 Å². The van der Waals surface area contributed by atoms with Gasteiger partial charge in [-0.3, -0.25) is 4.79 Å². The maximum Gasteiger partial charge on any atom is 0.253 e. The molecule has 0 N–H and O–H groups in total. The van der Waals surface area contributed by atoms with Gasteiger partial charge < -0.3 is 9.47 Å². The highest BCUT2D eigenvalue weighted by atomic mass is 32.2. The molecule has 0 bridgehead atoms. The lowest BCUT2D eigenvalue weighted by molar-refractivity contribution is -0.130. The molecule has 2 aromatic heterocycles. The molecule has 0 saturated heterocycles. The fourth-order valence-electron chi connectivity index (χ4n) is 3.29. The number of pyridine rings is 1. The molecule has 4 rings (SSSR count). The molecule has 1 unspecified atom stereocenters. The number of nitrogens with zero attached hydrogens (tertiary/aromatic N) is 3. The summed E-state index contributed by atoms with van der Waals surface area (Å²) < 4.78 is 10.8. The molecule has 0 spiro atoms. The van der Waals surface area contributed by atoms with Crippen molar-refractivity contribution < 1.29 is 14.3 Å². The maximum absolute atomic E-state index is 13.1. The van der Waals surface area contributed by atoms with Crippen molar-refractivity contribution in [1.29, 1.82) is 0 Å². The third kappa shape index (κ3) is 4.34. The van der Waals surface area contributed by atoms with E-state index in [1.807, 2.05) is 53.9 Å². The number of thiophene rings is 1. The highest BCUT2D eigenvalue weighted by Crippen LogP contribution is 2.38. The molecule has 1 aliphatic heterocycles. The summed E-state index contributed by atoms with van der Waals surface area (Å²) >= 11 is 3.04. The number of benzene rings is 1. The number of methoxy groups -OCH3 is 2. The molecule has 30 heavy (non-hydrogen) atoms. The van der Waals surface area contributed by atoms with Crippen molar-refractivity contribution in [3.63, 3.8) is 0 Å². The first-order chi connectivity index (χ1) is 14.7. The summed E-state index contributed by atoms with van der Waals surface area (Å²) in [6.07, 6.45) is 2.37. The number of ether oxygens (including phenoxy) is 2. The largest absolute Gasteiger partial charge is 0.493 e. The molecular weight excluding hydrogens is 418 g/mol. The summed E-state index contributed by atoms with van der Waals surface area (Å²) in [6.45, 7) is 0. The van der Waals surface area contributed by atoms with Gasteiger partial charge in [0, 0.05) is 12.6 Å². The average molecular weight is 440 g/mol. The Kier molecular flexibility index (Phi) is 6.35. The maximum atomic E-state index is 13.1. The standard InChI is InChI=1S/C22H21N3O3S2/c1-27-18-9-8-15(12-19(18)28-2)17-13-16(20-6-5-11-29-20)24-25(17)22(26)14-30-21-7-3-4-10-23-21/h3-12,17H,13-14H2,1-2H3. The molecule has 1 aromatic carbocycles. The van der Waals surface area contributed by atoms with Crippen LogP contribution in [0.5, 0.6) is 11.5 Å². The van der Waals surface area contributed by atoms with Crippen LogP contribution in [0.4, 0.5) is 0 Å². The van der Waals surface area contributed by atoms with Crippen LogP contribution in [-0.2, 0) is 4.79 Å². The van der Waals surface area contributed by atoms with Gasteiger partial charge in [-0.25, -0.2) is 9.99 Å². The molecule has 0 fully saturated rings. The summed E-state index contributed by atoms with van der Waals surface area (Å²) in [5, 5.41) is 9.14. The number of amides is 1. The Bertz CT molecular complexity index is 1040. The summed E-state index contributed by atoms with van der Waals surface area (Å²) in [4.78, 5) is 18.5. The van der Waals surface area contributed by atoms with E-state index in [4.69, 9.17) is 14.6 Å². The number of thioether (sulfide) groups is 1. The SMILES string of the molecule is COc1ccc(C2CC(c3cccs3)=NN2C(=O)CSc2ccccn2)cc1OC. The first-order valence-electron chi connectivity index (χ1n) is 9.38. The van der Waals surface area contributed by atoms with E-state index in [9.17, 15) is 4.79 Å². The summed E-state index contributed by atoms with van der Waals surface area (Å²) in [5.74, 6) is 1.50. The molecule has 1 aliphatic rings. The quantitative estimate of drug-likeness (QED) is 0.502. The summed E-state index contributed by atoms with van der Waals surface area (Å²) in [7, 11) is 3.21. The minimum Gasteiger partial charge on any atom is -0.493 e. The molecule has 8 heteroatoms. The van der Waals surface area contributed by atoms with Gasteiger partial charge in [-0.15, -0.1) is 11.3 Å². The Labute approximate surface area is 183 Å². The number of hydrogen-bond donors (Lipinski definition) is 0. The van der Waals surface area contributed by atoms with Crippen LogP contribution in [0.25, 0.3) is 0 Å². The number of hydrazone groups is 1. The zero-order chi connectivity index (χ0) is 20.9. The fourth-order valence-corrected chi connectivity index (χ4v) is 4.72. The van der Waals surface area contributed by atoms with Gasteiger partial charge in [-0.1, -0.05) is 30.0 Å². The minimum atomic E-state index is -0.196. The Morgan fingerprint density at radius 3 is 2.73 bits per heavy atom. The topological polar surface area (TPSA) is 64.0 Å². The van der Waals surface area contributed by atoms with Crippen LogP contribution < -0.4 is 9.47 Å². The van der Waals surface area contributed by atoms with E-state index in [2.05, 4.69) is 4.98 Å². The van der Waals surface area contributed by atoms with Crippen molar-refractivity contribution in [3.8, 4) is 11.5 Å². The Hall–Kier alpha value is -2.84. The number of carbonyl (C=O) groups is 1. The van der Waals surface area contributed by atoms with Crippen LogP contribution in [0.3, 0.4) is 0 Å². The van der Waals surface area contributed by atoms with E-state index in [0.29, 0.717) is 17.9 Å². The highest BCUT2D eigenvalue weighted by Gasteiger charge is 2.34. The number of hydrogen-bond acceptors (Lipinski definition) is 7. The predicted molar refractivity (Wildman–Crippen MR) is 120 cm³/mol. The lowest BCUT2D eigenvalue weighted by Gasteiger charge is -2.22. The van der Waals surface area contributed by atoms with Crippen LogP contribution in [0.1, 0.15) is 22.9 Å². The molecule has 3 aromatic rings. The summed E-state index contributed by atoms with van der Waals surface area (Å²) in [5.41, 5.74) is 1.88. The molecule has 0 aliphatic carbocycles. The van der Waals surface area contributed by atoms with Gasteiger partial charge >= 0.3 is 0 Å². The smallest absolute Gasteiger partial charge is 0.253 e. The van der Waals surface area contributed by atoms with Crippen molar-refractivity contribution in [2.24, 2.45) is 5.10 Å². The number of carbonyl (C=O) groups excluding carboxylic acids is 1. The van der Waals surface area contributed by atoms with Gasteiger partial charge in [0.05, 0.1) is 41.6 Å². The van der Waals surface area contributed by atoms with E-state index in [0.717, 1.165) is 21.2 Å². The van der Waals surface area contributed by atoms with Crippen LogP contribution in [-0.4, -0.2) is 41.6 Å². The van der Waals surface area contributed by atoms with Crippen molar-refractivity contribution in [2.45, 2.75) is 17.5 Å². The van der Waals surface area contributed by atoms with Gasteiger partial charge in [-0.05, 0) is 41.3 Å². The lowest BCUT2D eigenvalue weighted by atomic mass is 10.0. The second-order valence-electron chi connectivity index (χ2n) is 6.55. The Balaban J connectivity index is 1.60. The van der Waals surface area contributed by atoms with E-state index in [-0.39, 0.29) is 17.7 Å². The third-order valence-corrected chi connectivity index (χ3v) is 6.59. The van der Waals surface area contributed by atoms with E-state index >= 15 is 0 Å².